The Balaban J connectivity index is 7.45. The van der Waals surface area contributed by atoms with Gasteiger partial charge in [-0.05, 0) is 0 Å². The summed E-state index contributed by atoms with van der Waals surface area (Å²) in [5.74, 6) is -80.6. The number of nitrogens with zero attached hydrogens (tertiary/aromatic N) is 1. The van der Waals surface area contributed by atoms with Crippen LogP contribution in [0.4, 0.5) is 101 Å². The summed E-state index contributed by atoms with van der Waals surface area (Å²) in [6.07, 6.45) is -17.2. The monoisotopic (exact) mass is 611 g/mol. The molecule has 0 aromatic carbocycles. The van der Waals surface area contributed by atoms with Crippen molar-refractivity contribution in [2.75, 3.05) is 0 Å². The molecule has 2 nitrogen and oxygen atoms in total. The zero-order valence-corrected chi connectivity index (χ0v) is 15.5. The zero-order valence-electron chi connectivity index (χ0n) is 15.5. The second-order valence-electron chi connectivity index (χ2n) is 6.42. The highest BCUT2D eigenvalue weighted by Gasteiger charge is 2.98. The number of hydrogen-bond acceptors (Lipinski definition) is 2. The maximum Gasteiger partial charge on any atom is 0.460 e. The average molecular weight is 611 g/mol. The van der Waals surface area contributed by atoms with Crippen LogP contribution in [0.25, 0.3) is 0 Å². The average Bonchev–Trinajstić information content (AvgIpc) is 2.64. The van der Waals surface area contributed by atoms with Gasteiger partial charge in [-0.25, -0.2) is 9.18 Å². The van der Waals surface area contributed by atoms with E-state index in [1.54, 1.807) is 0 Å². The van der Waals surface area contributed by atoms with E-state index in [0.29, 0.717) is 0 Å². The lowest BCUT2D eigenvalue weighted by Gasteiger charge is -2.45. The Morgan fingerprint density at radius 2 is 0.541 bits per heavy atom. The van der Waals surface area contributed by atoms with E-state index in [0.717, 1.165) is 0 Å². The van der Waals surface area contributed by atoms with Gasteiger partial charge in [-0.1, -0.05) is 0 Å². The standard InChI is InChI=1S/C12F23NO/c13-2(14,4(17,18)6(21,22)8(25,26)11(30,31)32)3(15,16)5(19,20)7(23,24)10(29,36-1-37)9(27,28)12(33,34)35. The lowest BCUT2D eigenvalue weighted by molar-refractivity contribution is -0.472. The van der Waals surface area contributed by atoms with Gasteiger partial charge in [0.05, 0.1) is 0 Å². The summed E-state index contributed by atoms with van der Waals surface area (Å²) in [5, 5.41) is 0. The molecule has 1 unspecified atom stereocenters. The van der Waals surface area contributed by atoms with Gasteiger partial charge in [0, 0.05) is 0 Å². The highest BCUT2D eigenvalue weighted by molar-refractivity contribution is 5.37. The molecule has 0 aliphatic rings. The molecule has 0 spiro atoms. The fraction of sp³-hybridized carbons (Fsp3) is 0.917. The van der Waals surface area contributed by atoms with Gasteiger partial charge in [0.1, 0.15) is 0 Å². The fourth-order valence-electron chi connectivity index (χ4n) is 1.96. The van der Waals surface area contributed by atoms with Gasteiger partial charge in [0.25, 0.3) is 0 Å². The number of hydrogen-bond donors (Lipinski definition) is 0. The van der Waals surface area contributed by atoms with Crippen molar-refractivity contribution in [1.82, 2.24) is 0 Å². The quantitative estimate of drug-likeness (QED) is 0.118. The minimum absolute atomic E-state index is 0.155. The van der Waals surface area contributed by atoms with Crippen molar-refractivity contribution in [2.24, 2.45) is 4.99 Å². The smallest absolute Gasteiger partial charge is 0.211 e. The van der Waals surface area contributed by atoms with Crippen molar-refractivity contribution in [1.29, 1.82) is 0 Å². The normalized spacial score (nSPS) is 17.8. The van der Waals surface area contributed by atoms with E-state index in [-0.39, 0.29) is 4.99 Å². The molecular formula is C12F23NO. The van der Waals surface area contributed by atoms with E-state index in [1.165, 1.54) is 0 Å². The summed E-state index contributed by atoms with van der Waals surface area (Å²) in [5.41, 5.74) is 0. The Kier molecular flexibility index (Phi) is 7.88. The van der Waals surface area contributed by atoms with Crippen molar-refractivity contribution in [2.45, 2.75) is 65.5 Å². The molecule has 220 valence electrons. The van der Waals surface area contributed by atoms with Gasteiger partial charge in [0.2, 0.25) is 6.08 Å². The van der Waals surface area contributed by atoms with E-state index in [1.807, 2.05) is 0 Å². The molecule has 0 aliphatic heterocycles. The molecule has 1 atom stereocenters. The third kappa shape index (κ3) is 4.05. The van der Waals surface area contributed by atoms with Crippen molar-refractivity contribution >= 4 is 6.08 Å². The predicted octanol–water partition coefficient (Wildman–Crippen LogP) is 7.20. The van der Waals surface area contributed by atoms with Crippen LogP contribution in [0.2, 0.25) is 0 Å². The molecule has 37 heavy (non-hydrogen) atoms. The number of aliphatic imine (C=N–C) groups is 1. The van der Waals surface area contributed by atoms with Crippen molar-refractivity contribution in [3.8, 4) is 0 Å². The molecular weight excluding hydrogens is 611 g/mol. The van der Waals surface area contributed by atoms with Crippen LogP contribution in [0.3, 0.4) is 0 Å². The van der Waals surface area contributed by atoms with Crippen LogP contribution in [0, 0.1) is 0 Å². The molecule has 0 saturated carbocycles. The zero-order chi connectivity index (χ0) is 30.9. The largest absolute Gasteiger partial charge is 0.460 e. The van der Waals surface area contributed by atoms with Crippen molar-refractivity contribution in [3.05, 3.63) is 0 Å². The number of halogens is 23. The second kappa shape index (κ2) is 8.38. The van der Waals surface area contributed by atoms with Crippen LogP contribution in [0.15, 0.2) is 4.99 Å². The van der Waals surface area contributed by atoms with Crippen LogP contribution < -0.4 is 0 Å². The maximum atomic E-state index is 13.8. The first-order chi connectivity index (χ1) is 15.6. The maximum absolute atomic E-state index is 13.8. The minimum Gasteiger partial charge on any atom is -0.211 e. The van der Waals surface area contributed by atoms with Crippen LogP contribution in [-0.4, -0.2) is 71.6 Å². The third-order valence-corrected chi connectivity index (χ3v) is 4.11. The van der Waals surface area contributed by atoms with Crippen LogP contribution in [0.1, 0.15) is 0 Å². The summed E-state index contributed by atoms with van der Waals surface area (Å²) in [4.78, 5) is 9.91. The van der Waals surface area contributed by atoms with E-state index in [9.17, 15) is 106 Å². The first-order valence-corrected chi connectivity index (χ1v) is 7.50. The minimum atomic E-state index is -9.42. The molecule has 25 heteroatoms. The van der Waals surface area contributed by atoms with E-state index < -0.39 is 71.6 Å². The topological polar surface area (TPSA) is 29.4 Å². The van der Waals surface area contributed by atoms with Crippen LogP contribution >= 0.6 is 0 Å². The molecule has 0 saturated heterocycles. The Morgan fingerprint density at radius 1 is 0.324 bits per heavy atom. The molecule has 0 amide bonds. The Morgan fingerprint density at radius 3 is 0.757 bits per heavy atom. The Bertz CT molecular complexity index is 904. The highest BCUT2D eigenvalue weighted by atomic mass is 19.4. The first kappa shape index (κ1) is 34.8. The molecule has 0 aliphatic carbocycles. The molecule has 0 fully saturated rings. The van der Waals surface area contributed by atoms with Crippen molar-refractivity contribution in [3.63, 3.8) is 0 Å². The summed E-state index contributed by atoms with van der Waals surface area (Å²) in [6, 6.07) is 0. The third-order valence-electron chi connectivity index (χ3n) is 4.11. The van der Waals surface area contributed by atoms with E-state index >= 15 is 0 Å². The van der Waals surface area contributed by atoms with Gasteiger partial charge < -0.3 is 0 Å². The molecule has 0 aromatic rings. The molecule has 0 N–H and O–H groups in total. The van der Waals surface area contributed by atoms with Gasteiger partial charge in [-0.3, -0.25) is 0 Å². The van der Waals surface area contributed by atoms with Crippen LogP contribution in [-0.2, 0) is 4.79 Å². The SMILES string of the molecule is O=C=NC(F)(C(F)(F)C(F)(F)F)C(F)(F)C(F)(F)C(F)(F)C(F)(F)C(F)(F)C(F)(F)C(F)(F)C(F)(F)F. The lowest BCUT2D eigenvalue weighted by Crippen LogP contribution is -2.77. The number of rotatable bonds is 9. The van der Waals surface area contributed by atoms with Gasteiger partial charge >= 0.3 is 65.5 Å². The molecule has 0 aromatic heterocycles. The van der Waals surface area contributed by atoms with Gasteiger partial charge in [-0.15, -0.1) is 0 Å². The lowest BCUT2D eigenvalue weighted by atomic mass is 9.84. The van der Waals surface area contributed by atoms with Gasteiger partial charge in [-0.2, -0.15) is 102 Å². The molecule has 0 radical (unpaired) electrons. The number of alkyl halides is 23. The summed E-state index contributed by atoms with van der Waals surface area (Å²) < 4.78 is 298. The number of carbonyl (C=O) groups excluding carboxylic acids is 1. The van der Waals surface area contributed by atoms with Crippen LogP contribution in [0.5, 0.6) is 0 Å². The second-order valence-corrected chi connectivity index (χ2v) is 6.42. The molecule has 0 rings (SSSR count). The highest BCUT2D eigenvalue weighted by Crippen LogP contribution is 2.67. The summed E-state index contributed by atoms with van der Waals surface area (Å²) >= 11 is 0. The molecule has 0 heterocycles. The fourth-order valence-corrected chi connectivity index (χ4v) is 1.96. The van der Waals surface area contributed by atoms with Gasteiger partial charge in [0.15, 0.2) is 0 Å². The van der Waals surface area contributed by atoms with E-state index in [2.05, 4.69) is 0 Å². The number of isocyanates is 1. The summed E-state index contributed by atoms with van der Waals surface area (Å²) in [6.45, 7) is 0. The Labute approximate surface area is 184 Å². The predicted molar refractivity (Wildman–Crippen MR) is 63.6 cm³/mol. The molecule has 0 bridgehead atoms. The van der Waals surface area contributed by atoms with Crippen molar-refractivity contribution < 1.29 is 106 Å². The Hall–Kier alpha value is -2.23. The summed E-state index contributed by atoms with van der Waals surface area (Å²) in [7, 11) is 0. The first-order valence-electron chi connectivity index (χ1n) is 7.50. The van der Waals surface area contributed by atoms with E-state index in [4.69, 9.17) is 0 Å².